The van der Waals surface area contributed by atoms with E-state index in [-0.39, 0.29) is 18.0 Å². The lowest BCUT2D eigenvalue weighted by Gasteiger charge is -2.03. The topological polar surface area (TPSA) is 34.1 Å². The number of hydrogen-bond donors (Lipinski definition) is 0. The maximum absolute atomic E-state index is 11.4. The van der Waals surface area contributed by atoms with Gasteiger partial charge >= 0.3 is 0 Å². The third kappa shape index (κ3) is 25.0. The summed E-state index contributed by atoms with van der Waals surface area (Å²) >= 11 is 0. The third-order valence-corrected chi connectivity index (χ3v) is 5.66. The van der Waals surface area contributed by atoms with Gasteiger partial charge in [0, 0.05) is 6.42 Å². The van der Waals surface area contributed by atoms with Gasteiger partial charge in [-0.3, -0.25) is 9.59 Å². The molecule has 2 nitrogen and oxygen atoms in total. The molecule has 0 fully saturated rings. The molecule has 0 aliphatic rings. The van der Waals surface area contributed by atoms with Gasteiger partial charge in [0.05, 0.1) is 6.42 Å². The van der Waals surface area contributed by atoms with Crippen molar-refractivity contribution in [3.63, 3.8) is 0 Å². The van der Waals surface area contributed by atoms with Crippen LogP contribution < -0.4 is 0 Å². The summed E-state index contributed by atoms with van der Waals surface area (Å²) in [6.07, 6.45) is 30.7. The van der Waals surface area contributed by atoms with Crippen molar-refractivity contribution in [3.8, 4) is 0 Å². The quantitative estimate of drug-likeness (QED) is 0.0964. The van der Waals surface area contributed by atoms with Crippen molar-refractivity contribution < 1.29 is 9.59 Å². The van der Waals surface area contributed by atoms with E-state index in [4.69, 9.17) is 0 Å². The van der Waals surface area contributed by atoms with Crippen molar-refractivity contribution in [2.24, 2.45) is 0 Å². The van der Waals surface area contributed by atoms with Gasteiger partial charge in [0.1, 0.15) is 11.6 Å². The van der Waals surface area contributed by atoms with Crippen LogP contribution in [0, 0.1) is 0 Å². The largest absolute Gasteiger partial charge is 0.300 e. The molecule has 0 amide bonds. The van der Waals surface area contributed by atoms with Crippen molar-refractivity contribution in [1.29, 1.82) is 0 Å². The Morgan fingerprint density at radius 2 is 0.931 bits per heavy atom. The van der Waals surface area contributed by atoms with Gasteiger partial charge in [-0.15, -0.1) is 0 Å². The Labute approximate surface area is 182 Å². The van der Waals surface area contributed by atoms with E-state index in [0.29, 0.717) is 6.42 Å². The lowest BCUT2D eigenvalue weighted by molar-refractivity contribution is -0.125. The molecule has 0 heterocycles. The number of Topliss-reactive ketones (excluding diaryl/α,β-unsaturated/α-hetero) is 2. The Hall–Kier alpha value is -0.920. The fourth-order valence-electron chi connectivity index (χ4n) is 3.82. The van der Waals surface area contributed by atoms with Crippen LogP contribution >= 0.6 is 0 Å². The molecule has 0 N–H and O–H groups in total. The number of allylic oxidation sites excluding steroid dienone is 2. The van der Waals surface area contributed by atoms with E-state index in [1.54, 1.807) is 0 Å². The Balaban J connectivity index is 3.14. The van der Waals surface area contributed by atoms with E-state index in [1.165, 1.54) is 116 Å². The predicted octanol–water partition coefficient (Wildman–Crippen LogP) is 8.91. The number of carbonyl (C=O) groups excluding carboxylic acids is 2. The summed E-state index contributed by atoms with van der Waals surface area (Å²) in [4.78, 5) is 22.3. The highest BCUT2D eigenvalue weighted by molar-refractivity contribution is 5.97. The molecule has 0 bridgehead atoms. The molecule has 0 rings (SSSR count). The second-order valence-corrected chi connectivity index (χ2v) is 8.87. The minimum Gasteiger partial charge on any atom is -0.300 e. The SMILES string of the molecule is CCCCCCCC/C=C\CCCCCCCCCCCCCC(=O)CC(C)=O. The first-order valence-corrected chi connectivity index (χ1v) is 12.8. The second-order valence-electron chi connectivity index (χ2n) is 8.87. The van der Waals surface area contributed by atoms with Gasteiger partial charge in [-0.1, -0.05) is 109 Å². The first kappa shape index (κ1) is 28.1. The molecule has 0 aromatic rings. The summed E-state index contributed by atoms with van der Waals surface area (Å²) in [5.41, 5.74) is 0. The van der Waals surface area contributed by atoms with Crippen molar-refractivity contribution in [1.82, 2.24) is 0 Å². The van der Waals surface area contributed by atoms with Gasteiger partial charge in [-0.25, -0.2) is 0 Å². The maximum atomic E-state index is 11.4. The van der Waals surface area contributed by atoms with Crippen LogP contribution in [0.5, 0.6) is 0 Å². The fraction of sp³-hybridized carbons (Fsp3) is 0.852. The van der Waals surface area contributed by atoms with Crippen LogP contribution in [0.4, 0.5) is 0 Å². The zero-order valence-electron chi connectivity index (χ0n) is 19.8. The molecule has 0 aromatic carbocycles. The Kier molecular flexibility index (Phi) is 22.6. The average molecular weight is 407 g/mol. The molecular formula is C27H50O2. The normalized spacial score (nSPS) is 11.4. The number of rotatable bonds is 23. The van der Waals surface area contributed by atoms with Gasteiger partial charge in [-0.05, 0) is 39.0 Å². The van der Waals surface area contributed by atoms with Crippen molar-refractivity contribution in [3.05, 3.63) is 12.2 Å². The van der Waals surface area contributed by atoms with Crippen LogP contribution in [0.3, 0.4) is 0 Å². The highest BCUT2D eigenvalue weighted by atomic mass is 16.1. The molecule has 0 saturated heterocycles. The minimum atomic E-state index is -0.00466. The minimum absolute atomic E-state index is 0.00466. The van der Waals surface area contributed by atoms with E-state index in [2.05, 4.69) is 19.1 Å². The predicted molar refractivity (Wildman–Crippen MR) is 127 cm³/mol. The number of carbonyl (C=O) groups is 2. The molecule has 0 aliphatic heterocycles. The number of hydrogen-bond acceptors (Lipinski definition) is 2. The first-order chi connectivity index (χ1) is 14.2. The molecule has 0 spiro atoms. The highest BCUT2D eigenvalue weighted by Gasteiger charge is 2.04. The average Bonchev–Trinajstić information content (AvgIpc) is 2.68. The summed E-state index contributed by atoms with van der Waals surface area (Å²) in [6, 6.07) is 0. The summed E-state index contributed by atoms with van der Waals surface area (Å²) in [6.45, 7) is 3.77. The molecule has 0 aromatic heterocycles. The maximum Gasteiger partial charge on any atom is 0.140 e. The van der Waals surface area contributed by atoms with Crippen LogP contribution in [-0.4, -0.2) is 11.6 Å². The molecule has 170 valence electrons. The van der Waals surface area contributed by atoms with Gasteiger partial charge < -0.3 is 0 Å². The Bertz CT molecular complexity index is 397. The lowest BCUT2D eigenvalue weighted by Crippen LogP contribution is -2.03. The van der Waals surface area contributed by atoms with E-state index < -0.39 is 0 Å². The molecular weight excluding hydrogens is 356 g/mol. The first-order valence-electron chi connectivity index (χ1n) is 12.8. The molecule has 0 aliphatic carbocycles. The van der Waals surface area contributed by atoms with Crippen LogP contribution in [-0.2, 0) is 9.59 Å². The fourth-order valence-corrected chi connectivity index (χ4v) is 3.82. The van der Waals surface area contributed by atoms with Gasteiger partial charge in [0.25, 0.3) is 0 Å². The monoisotopic (exact) mass is 406 g/mol. The number of unbranched alkanes of at least 4 members (excludes halogenated alkanes) is 17. The zero-order chi connectivity index (χ0) is 21.4. The van der Waals surface area contributed by atoms with Crippen LogP contribution in [0.1, 0.15) is 149 Å². The summed E-state index contributed by atoms with van der Waals surface area (Å²) < 4.78 is 0. The molecule has 0 unspecified atom stereocenters. The van der Waals surface area contributed by atoms with Gasteiger partial charge in [-0.2, -0.15) is 0 Å². The van der Waals surface area contributed by atoms with Crippen LogP contribution in [0.25, 0.3) is 0 Å². The molecule has 0 atom stereocenters. The standard InChI is InChI=1S/C27H50O2/c1-3-4-5-6-7-8-9-10-11-12-13-14-15-16-17-18-19-20-21-22-23-24-27(29)25-26(2)28/h10-11H,3-9,12-25H2,1-2H3/b11-10-. The third-order valence-electron chi connectivity index (χ3n) is 5.66. The summed E-state index contributed by atoms with van der Waals surface area (Å²) in [5, 5.41) is 0. The van der Waals surface area contributed by atoms with Crippen LogP contribution in [0.2, 0.25) is 0 Å². The molecule has 0 saturated carbocycles. The lowest BCUT2D eigenvalue weighted by atomic mass is 10.0. The summed E-state index contributed by atoms with van der Waals surface area (Å²) in [5.74, 6) is 0.112. The summed E-state index contributed by atoms with van der Waals surface area (Å²) in [7, 11) is 0. The highest BCUT2D eigenvalue weighted by Crippen LogP contribution is 2.13. The second kappa shape index (κ2) is 23.4. The van der Waals surface area contributed by atoms with E-state index >= 15 is 0 Å². The van der Waals surface area contributed by atoms with Crippen molar-refractivity contribution >= 4 is 11.6 Å². The van der Waals surface area contributed by atoms with Crippen LogP contribution in [0.15, 0.2) is 12.2 Å². The molecule has 2 heteroatoms. The number of ketones is 2. The van der Waals surface area contributed by atoms with Crippen molar-refractivity contribution in [2.75, 3.05) is 0 Å². The Morgan fingerprint density at radius 3 is 1.34 bits per heavy atom. The van der Waals surface area contributed by atoms with Gasteiger partial charge in [0.15, 0.2) is 0 Å². The molecule has 0 radical (unpaired) electrons. The smallest absolute Gasteiger partial charge is 0.140 e. The van der Waals surface area contributed by atoms with Crippen molar-refractivity contribution in [2.45, 2.75) is 149 Å². The molecule has 29 heavy (non-hydrogen) atoms. The van der Waals surface area contributed by atoms with E-state index in [1.807, 2.05) is 0 Å². The Morgan fingerprint density at radius 1 is 0.552 bits per heavy atom. The van der Waals surface area contributed by atoms with Gasteiger partial charge in [0.2, 0.25) is 0 Å². The van der Waals surface area contributed by atoms with E-state index in [0.717, 1.165) is 12.8 Å². The zero-order valence-corrected chi connectivity index (χ0v) is 19.8. The van der Waals surface area contributed by atoms with E-state index in [9.17, 15) is 9.59 Å².